The third kappa shape index (κ3) is 5.81. The smallest absolute Gasteiger partial charge is 0.416 e. The van der Waals surface area contributed by atoms with Crippen molar-refractivity contribution >= 4 is 6.09 Å². The van der Waals surface area contributed by atoms with Crippen molar-refractivity contribution in [2.45, 2.75) is 71.6 Å². The van der Waals surface area contributed by atoms with E-state index in [1.165, 1.54) is 30.0 Å². The number of rotatable bonds is 5. The molecule has 3 aromatic rings. The number of ether oxygens (including phenoxy) is 1. The van der Waals surface area contributed by atoms with Crippen LogP contribution in [0.1, 0.15) is 71.7 Å². The summed E-state index contributed by atoms with van der Waals surface area (Å²) in [6.45, 7) is 7.98. The SMILES string of the molecule is Cc1cc([C@H]2OC(=O)N(Cc3cc(C(F)(F)F)ccc3-c3cc(C(C)C)c(F)cc3C)[C@H]2C)cc(C(F)(F)F)c1. The summed E-state index contributed by atoms with van der Waals surface area (Å²) in [6, 6.07) is 8.67. The second-order valence-corrected chi connectivity index (χ2v) is 10.5. The largest absolute Gasteiger partial charge is 0.439 e. The van der Waals surface area contributed by atoms with Crippen molar-refractivity contribution in [2.75, 3.05) is 0 Å². The van der Waals surface area contributed by atoms with E-state index in [2.05, 4.69) is 0 Å². The highest BCUT2D eigenvalue weighted by atomic mass is 19.4. The highest BCUT2D eigenvalue weighted by Crippen LogP contribution is 2.40. The summed E-state index contributed by atoms with van der Waals surface area (Å²) in [7, 11) is 0. The Labute approximate surface area is 227 Å². The number of benzene rings is 3. The zero-order valence-electron chi connectivity index (χ0n) is 22.5. The average molecular weight is 568 g/mol. The molecule has 4 rings (SSSR count). The topological polar surface area (TPSA) is 29.5 Å². The van der Waals surface area contributed by atoms with Gasteiger partial charge in [-0.05, 0) is 96.5 Å². The number of amides is 1. The number of hydrogen-bond acceptors (Lipinski definition) is 2. The maximum atomic E-state index is 14.6. The third-order valence-electron chi connectivity index (χ3n) is 7.18. The van der Waals surface area contributed by atoms with Gasteiger partial charge in [0.15, 0.2) is 0 Å². The van der Waals surface area contributed by atoms with Crippen molar-refractivity contribution in [3.63, 3.8) is 0 Å². The van der Waals surface area contributed by atoms with Crippen LogP contribution in [0.2, 0.25) is 0 Å². The summed E-state index contributed by atoms with van der Waals surface area (Å²) in [6.07, 6.45) is -11.2. The standard InChI is InChI=1S/C30H28F7NO2/c1-15(2)24-13-25(17(4)10-26(24)31)23-7-6-21(29(32,33)34)12-20(23)14-38-18(5)27(40-28(38)39)19-8-16(3)9-22(11-19)30(35,36)37/h6-13,15,18,27H,14H2,1-5H3/t18-,27-/m0/s1. The van der Waals surface area contributed by atoms with Gasteiger partial charge in [-0.15, -0.1) is 0 Å². The van der Waals surface area contributed by atoms with E-state index in [1.54, 1.807) is 33.8 Å². The van der Waals surface area contributed by atoms with Gasteiger partial charge in [0.1, 0.15) is 11.9 Å². The van der Waals surface area contributed by atoms with E-state index < -0.39 is 47.5 Å². The molecule has 0 unspecified atom stereocenters. The molecule has 2 atom stereocenters. The normalized spacial score (nSPS) is 18.0. The summed E-state index contributed by atoms with van der Waals surface area (Å²) in [4.78, 5) is 14.1. The number of halogens is 7. The summed E-state index contributed by atoms with van der Waals surface area (Å²) in [5.74, 6) is -0.622. The fourth-order valence-electron chi connectivity index (χ4n) is 5.07. The van der Waals surface area contributed by atoms with E-state index in [9.17, 15) is 35.5 Å². The molecule has 1 aliphatic rings. The third-order valence-corrected chi connectivity index (χ3v) is 7.18. The highest BCUT2D eigenvalue weighted by molar-refractivity contribution is 5.75. The fourth-order valence-corrected chi connectivity index (χ4v) is 5.07. The molecule has 214 valence electrons. The van der Waals surface area contributed by atoms with Crippen LogP contribution in [0.4, 0.5) is 35.5 Å². The summed E-state index contributed by atoms with van der Waals surface area (Å²) in [5, 5.41) is 0. The molecular weight excluding hydrogens is 539 g/mol. The van der Waals surface area contributed by atoms with Crippen LogP contribution in [0.15, 0.2) is 48.5 Å². The number of cyclic esters (lactones) is 1. The minimum absolute atomic E-state index is 0.135. The van der Waals surface area contributed by atoms with Crippen LogP contribution in [0.5, 0.6) is 0 Å². The van der Waals surface area contributed by atoms with Gasteiger partial charge in [-0.2, -0.15) is 26.3 Å². The maximum absolute atomic E-state index is 14.6. The van der Waals surface area contributed by atoms with Gasteiger partial charge < -0.3 is 4.74 Å². The first-order valence-corrected chi connectivity index (χ1v) is 12.6. The molecule has 1 aliphatic heterocycles. The lowest BCUT2D eigenvalue weighted by Crippen LogP contribution is -2.31. The van der Waals surface area contributed by atoms with Crippen LogP contribution in [-0.2, 0) is 23.6 Å². The molecule has 3 aromatic carbocycles. The lowest BCUT2D eigenvalue weighted by Gasteiger charge is -2.24. The number of carbonyl (C=O) groups excluding carboxylic acids is 1. The zero-order valence-corrected chi connectivity index (χ0v) is 22.5. The zero-order chi connectivity index (χ0) is 29.7. The van der Waals surface area contributed by atoms with E-state index in [1.807, 2.05) is 0 Å². The second-order valence-electron chi connectivity index (χ2n) is 10.5. The van der Waals surface area contributed by atoms with Crippen molar-refractivity contribution in [3.05, 3.63) is 93.3 Å². The molecule has 1 heterocycles. The Balaban J connectivity index is 1.77. The number of hydrogen-bond donors (Lipinski definition) is 0. The highest BCUT2D eigenvalue weighted by Gasteiger charge is 2.42. The van der Waals surface area contributed by atoms with Crippen LogP contribution in [-0.4, -0.2) is 17.0 Å². The van der Waals surface area contributed by atoms with Gasteiger partial charge in [-0.3, -0.25) is 4.90 Å². The molecule has 0 spiro atoms. The van der Waals surface area contributed by atoms with E-state index >= 15 is 0 Å². The van der Waals surface area contributed by atoms with E-state index in [4.69, 9.17) is 4.74 Å². The van der Waals surface area contributed by atoms with Gasteiger partial charge in [-0.1, -0.05) is 31.5 Å². The van der Waals surface area contributed by atoms with Crippen molar-refractivity contribution in [1.29, 1.82) is 0 Å². The molecule has 0 N–H and O–H groups in total. The lowest BCUT2D eigenvalue weighted by molar-refractivity contribution is -0.138. The first-order valence-electron chi connectivity index (χ1n) is 12.6. The van der Waals surface area contributed by atoms with E-state index in [-0.39, 0.29) is 23.6 Å². The molecule has 0 radical (unpaired) electrons. The average Bonchev–Trinajstić information content (AvgIpc) is 3.11. The van der Waals surface area contributed by atoms with E-state index in [0.717, 1.165) is 24.3 Å². The van der Waals surface area contributed by atoms with Gasteiger partial charge in [0.25, 0.3) is 0 Å². The van der Waals surface area contributed by atoms with Gasteiger partial charge in [-0.25, -0.2) is 9.18 Å². The maximum Gasteiger partial charge on any atom is 0.416 e. The molecule has 1 amide bonds. The second kappa shape index (κ2) is 10.4. The number of alkyl halides is 6. The Morgan fingerprint density at radius 3 is 2.12 bits per heavy atom. The quantitative estimate of drug-likeness (QED) is 0.288. The first-order chi connectivity index (χ1) is 18.5. The number of nitrogens with zero attached hydrogens (tertiary/aromatic N) is 1. The number of aryl methyl sites for hydroxylation is 2. The summed E-state index contributed by atoms with van der Waals surface area (Å²) >= 11 is 0. The van der Waals surface area contributed by atoms with Crippen molar-refractivity contribution in [3.8, 4) is 11.1 Å². The van der Waals surface area contributed by atoms with Gasteiger partial charge in [0.2, 0.25) is 0 Å². The Morgan fingerprint density at radius 1 is 0.875 bits per heavy atom. The van der Waals surface area contributed by atoms with Crippen molar-refractivity contribution in [1.82, 2.24) is 4.90 Å². The van der Waals surface area contributed by atoms with Crippen molar-refractivity contribution < 1.29 is 40.3 Å². The predicted molar refractivity (Wildman–Crippen MR) is 136 cm³/mol. The molecule has 0 bridgehead atoms. The monoisotopic (exact) mass is 567 g/mol. The van der Waals surface area contributed by atoms with E-state index in [0.29, 0.717) is 27.8 Å². The van der Waals surface area contributed by atoms with Crippen molar-refractivity contribution in [2.24, 2.45) is 0 Å². The van der Waals surface area contributed by atoms with Gasteiger partial charge in [0.05, 0.1) is 23.7 Å². The molecule has 0 aromatic heterocycles. The van der Waals surface area contributed by atoms with Gasteiger partial charge in [0, 0.05) is 0 Å². The Hall–Kier alpha value is -3.56. The first kappa shape index (κ1) is 29.4. The molecule has 1 fully saturated rings. The molecule has 1 saturated heterocycles. The Morgan fingerprint density at radius 2 is 1.52 bits per heavy atom. The summed E-state index contributed by atoms with van der Waals surface area (Å²) in [5.41, 5.74) is 0.555. The van der Waals surface area contributed by atoms with Crippen LogP contribution < -0.4 is 0 Å². The molecule has 0 aliphatic carbocycles. The van der Waals surface area contributed by atoms with Crippen LogP contribution in [0.3, 0.4) is 0 Å². The molecule has 40 heavy (non-hydrogen) atoms. The minimum Gasteiger partial charge on any atom is -0.439 e. The molecule has 0 saturated carbocycles. The fraction of sp³-hybridized carbons (Fsp3) is 0.367. The number of carbonyl (C=O) groups is 1. The predicted octanol–water partition coefficient (Wildman–Crippen LogP) is 9.35. The van der Waals surface area contributed by atoms with Crippen LogP contribution in [0.25, 0.3) is 11.1 Å². The Kier molecular flexibility index (Phi) is 7.68. The molecular formula is C30H28F7NO2. The van der Waals surface area contributed by atoms with Crippen LogP contribution in [0, 0.1) is 19.7 Å². The minimum atomic E-state index is -4.66. The molecule has 10 heteroatoms. The lowest BCUT2D eigenvalue weighted by atomic mass is 9.90. The molecule has 3 nitrogen and oxygen atoms in total. The summed E-state index contributed by atoms with van der Waals surface area (Å²) < 4.78 is 101. The van der Waals surface area contributed by atoms with Gasteiger partial charge >= 0.3 is 18.4 Å². The Bertz CT molecular complexity index is 1440. The van der Waals surface area contributed by atoms with Crippen LogP contribution >= 0.6 is 0 Å².